The van der Waals surface area contributed by atoms with E-state index in [-0.39, 0.29) is 0 Å². The second-order valence-electron chi connectivity index (χ2n) is 8.43. The maximum Gasteiger partial charge on any atom is 0.416 e. The van der Waals surface area contributed by atoms with E-state index in [2.05, 4.69) is 11.7 Å². The highest BCUT2D eigenvalue weighted by Crippen LogP contribution is 2.32. The number of carbonyl (C=O) groups excluding carboxylic acids is 1. The number of esters is 1. The summed E-state index contributed by atoms with van der Waals surface area (Å²) in [7, 11) is 1.24. The summed E-state index contributed by atoms with van der Waals surface area (Å²) in [6.07, 6.45) is 9.78. The minimum absolute atomic E-state index is 0.343. The van der Waals surface area contributed by atoms with Crippen molar-refractivity contribution in [1.29, 1.82) is 0 Å². The van der Waals surface area contributed by atoms with E-state index >= 15 is 0 Å². The summed E-state index contributed by atoms with van der Waals surface area (Å²) in [5.74, 6) is 0.156. The molecule has 0 N–H and O–H groups in total. The van der Waals surface area contributed by atoms with Gasteiger partial charge in [0, 0.05) is 6.08 Å². The summed E-state index contributed by atoms with van der Waals surface area (Å²) in [5, 5.41) is 0. The van der Waals surface area contributed by atoms with E-state index in [1.807, 2.05) is 24.3 Å². The van der Waals surface area contributed by atoms with Crippen molar-refractivity contribution in [2.24, 2.45) is 0 Å². The maximum absolute atomic E-state index is 13.2. The molecule has 0 aromatic heterocycles. The lowest BCUT2D eigenvalue weighted by Gasteiger charge is -2.10. The van der Waals surface area contributed by atoms with Crippen LogP contribution in [0, 0.1) is 0 Å². The van der Waals surface area contributed by atoms with Crippen molar-refractivity contribution >= 4 is 17.6 Å². The highest BCUT2D eigenvalue weighted by atomic mass is 19.4. The van der Waals surface area contributed by atoms with Gasteiger partial charge in [0.1, 0.15) is 5.75 Å². The maximum atomic E-state index is 13.2. The Morgan fingerprint density at radius 1 is 0.886 bits per heavy atom. The van der Waals surface area contributed by atoms with Crippen molar-refractivity contribution in [3.8, 4) is 5.75 Å². The molecule has 2 aromatic carbocycles. The number of hydrogen-bond acceptors (Lipinski definition) is 3. The summed E-state index contributed by atoms with van der Waals surface area (Å²) in [5.41, 5.74) is 0.813. The number of ether oxygens (including phenoxy) is 2. The van der Waals surface area contributed by atoms with Crippen molar-refractivity contribution < 1.29 is 27.4 Å². The molecule has 35 heavy (non-hydrogen) atoms. The fraction of sp³-hybridized carbons (Fsp3) is 0.414. The van der Waals surface area contributed by atoms with Gasteiger partial charge >= 0.3 is 12.1 Å². The Labute approximate surface area is 206 Å². The van der Waals surface area contributed by atoms with Crippen LogP contribution >= 0.6 is 0 Å². The van der Waals surface area contributed by atoms with Crippen LogP contribution in [0.3, 0.4) is 0 Å². The van der Waals surface area contributed by atoms with Gasteiger partial charge in [0.05, 0.1) is 19.3 Å². The fourth-order valence-electron chi connectivity index (χ4n) is 3.59. The van der Waals surface area contributed by atoms with Crippen molar-refractivity contribution in [2.75, 3.05) is 13.7 Å². The molecule has 0 heterocycles. The second-order valence-corrected chi connectivity index (χ2v) is 8.43. The topological polar surface area (TPSA) is 35.5 Å². The number of methoxy groups -OCH3 is 1. The average molecular weight is 489 g/mol. The summed E-state index contributed by atoms with van der Waals surface area (Å²) >= 11 is 0. The standard InChI is InChI=1S/C29H35F3O3/c1-3-4-5-6-7-8-9-10-20-35-27-17-14-23(15-18-27)21-25(16-19-28(33)34-2)24-12-11-13-26(22-24)29(30,31)32/h11-19,21-22H,3-10,20H2,1-2H3. The van der Waals surface area contributed by atoms with Crippen LogP contribution in [-0.2, 0) is 15.7 Å². The van der Waals surface area contributed by atoms with Gasteiger partial charge in [-0.15, -0.1) is 0 Å². The van der Waals surface area contributed by atoms with Crippen LogP contribution in [0.15, 0.2) is 60.7 Å². The van der Waals surface area contributed by atoms with Gasteiger partial charge in [-0.3, -0.25) is 0 Å². The molecule has 0 bridgehead atoms. The Morgan fingerprint density at radius 2 is 1.54 bits per heavy atom. The van der Waals surface area contributed by atoms with Crippen molar-refractivity contribution in [2.45, 2.75) is 64.5 Å². The predicted molar refractivity (Wildman–Crippen MR) is 135 cm³/mol. The van der Waals surface area contributed by atoms with Gasteiger partial charge in [-0.1, -0.05) is 76.1 Å². The number of benzene rings is 2. The van der Waals surface area contributed by atoms with Crippen molar-refractivity contribution in [3.63, 3.8) is 0 Å². The van der Waals surface area contributed by atoms with E-state index in [1.165, 1.54) is 63.9 Å². The lowest BCUT2D eigenvalue weighted by atomic mass is 10.00. The van der Waals surface area contributed by atoms with Crippen LogP contribution in [0.25, 0.3) is 11.6 Å². The molecule has 0 unspecified atom stereocenters. The zero-order chi connectivity index (χ0) is 25.5. The SMILES string of the molecule is CCCCCCCCCCOc1ccc(C=C(C=CC(=O)OC)c2cccc(C(F)(F)F)c2)cc1. The van der Waals surface area contributed by atoms with Gasteiger partial charge in [-0.05, 0) is 59.5 Å². The number of rotatable bonds is 14. The summed E-state index contributed by atoms with van der Waals surface area (Å²) < 4.78 is 50.0. The van der Waals surface area contributed by atoms with Crippen molar-refractivity contribution in [3.05, 3.63) is 77.4 Å². The van der Waals surface area contributed by atoms with E-state index in [0.717, 1.165) is 36.3 Å². The van der Waals surface area contributed by atoms with Gasteiger partial charge in [-0.25, -0.2) is 4.79 Å². The number of carbonyl (C=O) groups is 1. The lowest BCUT2D eigenvalue weighted by molar-refractivity contribution is -0.137. The first-order chi connectivity index (χ1) is 16.8. The number of hydrogen-bond donors (Lipinski definition) is 0. The molecule has 2 aromatic rings. The quantitative estimate of drug-likeness (QED) is 0.0879. The molecular formula is C29H35F3O3. The highest BCUT2D eigenvalue weighted by molar-refractivity contribution is 5.92. The van der Waals surface area contributed by atoms with Crippen LogP contribution in [0.1, 0.15) is 75.0 Å². The van der Waals surface area contributed by atoms with Crippen LogP contribution in [0.5, 0.6) is 5.75 Å². The largest absolute Gasteiger partial charge is 0.494 e. The Kier molecular flexibility index (Phi) is 12.2. The average Bonchev–Trinajstić information content (AvgIpc) is 2.85. The van der Waals surface area contributed by atoms with Gasteiger partial charge in [0.15, 0.2) is 0 Å². The molecule has 0 aliphatic heterocycles. The number of halogens is 3. The minimum Gasteiger partial charge on any atom is -0.494 e. The highest BCUT2D eigenvalue weighted by Gasteiger charge is 2.30. The van der Waals surface area contributed by atoms with Crippen LogP contribution < -0.4 is 4.74 Å². The van der Waals surface area contributed by atoms with E-state index in [4.69, 9.17) is 4.74 Å². The molecule has 0 fully saturated rings. The number of allylic oxidation sites excluding steroid dienone is 2. The third-order valence-electron chi connectivity index (χ3n) is 5.59. The van der Waals surface area contributed by atoms with E-state index in [1.54, 1.807) is 12.1 Å². The molecule has 0 amide bonds. The van der Waals surface area contributed by atoms with E-state index in [0.29, 0.717) is 17.7 Å². The van der Waals surface area contributed by atoms with Crippen LogP contribution in [-0.4, -0.2) is 19.7 Å². The van der Waals surface area contributed by atoms with Gasteiger partial charge < -0.3 is 9.47 Å². The second kappa shape index (κ2) is 15.1. The van der Waals surface area contributed by atoms with Gasteiger partial charge in [0.2, 0.25) is 0 Å². The summed E-state index contributed by atoms with van der Waals surface area (Å²) in [6.45, 7) is 2.87. The van der Waals surface area contributed by atoms with Crippen molar-refractivity contribution in [1.82, 2.24) is 0 Å². The van der Waals surface area contributed by atoms with E-state index in [9.17, 15) is 18.0 Å². The minimum atomic E-state index is -4.46. The molecule has 0 saturated heterocycles. The zero-order valence-corrected chi connectivity index (χ0v) is 20.6. The number of alkyl halides is 3. The first kappa shape index (κ1) is 28.2. The normalized spacial score (nSPS) is 12.2. The molecule has 3 nitrogen and oxygen atoms in total. The number of unbranched alkanes of at least 4 members (excludes halogenated alkanes) is 7. The molecular weight excluding hydrogens is 453 g/mol. The summed E-state index contributed by atoms with van der Waals surface area (Å²) in [4.78, 5) is 11.6. The van der Waals surface area contributed by atoms with Gasteiger partial charge in [-0.2, -0.15) is 13.2 Å². The molecule has 0 saturated carbocycles. The molecule has 0 atom stereocenters. The molecule has 6 heteroatoms. The monoisotopic (exact) mass is 488 g/mol. The molecule has 2 rings (SSSR count). The Balaban J connectivity index is 2.02. The molecule has 0 aliphatic rings. The zero-order valence-electron chi connectivity index (χ0n) is 20.6. The van der Waals surface area contributed by atoms with Crippen LogP contribution in [0.2, 0.25) is 0 Å². The van der Waals surface area contributed by atoms with Gasteiger partial charge in [0.25, 0.3) is 0 Å². The molecule has 0 aliphatic carbocycles. The van der Waals surface area contributed by atoms with Crippen LogP contribution in [0.4, 0.5) is 13.2 Å². The smallest absolute Gasteiger partial charge is 0.416 e. The third-order valence-corrected chi connectivity index (χ3v) is 5.59. The Morgan fingerprint density at radius 3 is 2.17 bits per heavy atom. The first-order valence-corrected chi connectivity index (χ1v) is 12.2. The molecule has 0 spiro atoms. The molecule has 0 radical (unpaired) electrons. The molecule has 190 valence electrons. The third kappa shape index (κ3) is 10.8. The Hall–Kier alpha value is -3.02. The fourth-order valence-corrected chi connectivity index (χ4v) is 3.59. The Bertz CT molecular complexity index is 960. The predicted octanol–water partition coefficient (Wildman–Crippen LogP) is 8.49. The lowest BCUT2D eigenvalue weighted by Crippen LogP contribution is -2.05. The van der Waals surface area contributed by atoms with E-state index < -0.39 is 17.7 Å². The first-order valence-electron chi connectivity index (χ1n) is 12.2. The summed E-state index contributed by atoms with van der Waals surface area (Å²) in [6, 6.07) is 12.3.